The Morgan fingerprint density at radius 1 is 1.44 bits per heavy atom. The van der Waals surface area contributed by atoms with Gasteiger partial charge < -0.3 is 8.74 Å². The third kappa shape index (κ3) is 4.47. The zero-order valence-corrected chi connectivity index (χ0v) is 12.8. The van der Waals surface area contributed by atoms with E-state index in [1.54, 1.807) is 0 Å². The van der Waals surface area contributed by atoms with Crippen molar-refractivity contribution in [1.82, 2.24) is 4.98 Å². The van der Waals surface area contributed by atoms with Crippen molar-refractivity contribution in [3.63, 3.8) is 0 Å². The van der Waals surface area contributed by atoms with E-state index >= 15 is 0 Å². The summed E-state index contributed by atoms with van der Waals surface area (Å²) in [7, 11) is -3.76. The molecular weight excluding hydrogens is 321 g/mol. The SMILES string of the molecule is CCC[S+]([O-])c1nc(OS(C)(=O)=O)c(Cl)cc1Cl. The maximum absolute atomic E-state index is 11.8. The van der Waals surface area contributed by atoms with E-state index in [0.29, 0.717) is 12.2 Å². The molecule has 1 unspecified atom stereocenters. The number of hydrogen-bond donors (Lipinski definition) is 0. The van der Waals surface area contributed by atoms with Crippen molar-refractivity contribution in [2.24, 2.45) is 0 Å². The third-order valence-electron chi connectivity index (χ3n) is 1.70. The molecule has 0 aliphatic heterocycles. The second-order valence-electron chi connectivity index (χ2n) is 3.40. The summed E-state index contributed by atoms with van der Waals surface area (Å²) >= 11 is 10.2. The molecule has 1 aromatic rings. The molecule has 0 aliphatic rings. The second kappa shape index (κ2) is 6.29. The molecule has 0 aliphatic carbocycles. The van der Waals surface area contributed by atoms with Crippen LogP contribution in [-0.4, -0.2) is 30.0 Å². The fraction of sp³-hybridized carbons (Fsp3) is 0.444. The Hall–Kier alpha value is -0.210. The Bertz CT molecular complexity index is 536. The van der Waals surface area contributed by atoms with Gasteiger partial charge in [-0.25, -0.2) is 0 Å². The van der Waals surface area contributed by atoms with Crippen molar-refractivity contribution < 1.29 is 17.2 Å². The van der Waals surface area contributed by atoms with Gasteiger partial charge in [0.15, 0.2) is 0 Å². The minimum atomic E-state index is -3.76. The van der Waals surface area contributed by atoms with Gasteiger partial charge in [0, 0.05) is 11.2 Å². The molecule has 0 amide bonds. The highest BCUT2D eigenvalue weighted by Crippen LogP contribution is 2.31. The Balaban J connectivity index is 3.17. The molecule has 0 saturated carbocycles. The van der Waals surface area contributed by atoms with E-state index < -0.39 is 21.3 Å². The highest BCUT2D eigenvalue weighted by atomic mass is 35.5. The summed E-state index contributed by atoms with van der Waals surface area (Å²) in [5.74, 6) is 0.0511. The van der Waals surface area contributed by atoms with Crippen LogP contribution in [0.25, 0.3) is 0 Å². The van der Waals surface area contributed by atoms with Crippen LogP contribution in [-0.2, 0) is 21.3 Å². The lowest BCUT2D eigenvalue weighted by Gasteiger charge is -2.11. The molecule has 0 fully saturated rings. The summed E-state index contributed by atoms with van der Waals surface area (Å²) in [6, 6.07) is 1.26. The van der Waals surface area contributed by atoms with Gasteiger partial charge in [-0.15, -0.1) is 0 Å². The van der Waals surface area contributed by atoms with Crippen LogP contribution >= 0.6 is 23.2 Å². The van der Waals surface area contributed by atoms with Crippen LogP contribution in [0.1, 0.15) is 13.3 Å². The first-order valence-electron chi connectivity index (χ1n) is 4.88. The summed E-state index contributed by atoms with van der Waals surface area (Å²) in [6.07, 6.45) is 1.54. The molecule has 9 heteroatoms. The van der Waals surface area contributed by atoms with Crippen LogP contribution in [0, 0.1) is 0 Å². The van der Waals surface area contributed by atoms with Crippen molar-refractivity contribution >= 4 is 44.5 Å². The molecule has 0 radical (unpaired) electrons. The average Bonchev–Trinajstić information content (AvgIpc) is 2.20. The fourth-order valence-electron chi connectivity index (χ4n) is 1.08. The van der Waals surface area contributed by atoms with Gasteiger partial charge >= 0.3 is 10.1 Å². The van der Waals surface area contributed by atoms with Crippen LogP contribution in [0.5, 0.6) is 5.88 Å². The Labute approximate surface area is 119 Å². The van der Waals surface area contributed by atoms with Crippen molar-refractivity contribution in [2.75, 3.05) is 12.0 Å². The van der Waals surface area contributed by atoms with E-state index in [-0.39, 0.29) is 21.0 Å². The molecule has 102 valence electrons. The zero-order valence-electron chi connectivity index (χ0n) is 9.64. The monoisotopic (exact) mass is 331 g/mol. The van der Waals surface area contributed by atoms with E-state index in [2.05, 4.69) is 9.17 Å². The zero-order chi connectivity index (χ0) is 13.9. The molecule has 1 heterocycles. The lowest BCUT2D eigenvalue weighted by molar-refractivity contribution is 0.479. The topological polar surface area (TPSA) is 79.3 Å². The molecule has 0 N–H and O–H groups in total. The Kier molecular flexibility index (Phi) is 5.54. The van der Waals surface area contributed by atoms with Crippen LogP contribution in [0.15, 0.2) is 11.1 Å². The molecule has 1 atom stereocenters. The summed E-state index contributed by atoms with van der Waals surface area (Å²) < 4.78 is 38.4. The largest absolute Gasteiger partial charge is 0.610 e. The molecule has 18 heavy (non-hydrogen) atoms. The van der Waals surface area contributed by atoms with E-state index in [9.17, 15) is 13.0 Å². The maximum atomic E-state index is 11.8. The van der Waals surface area contributed by atoms with Crippen LogP contribution in [0.2, 0.25) is 10.0 Å². The van der Waals surface area contributed by atoms with E-state index in [1.807, 2.05) is 6.92 Å². The third-order valence-corrected chi connectivity index (χ3v) is 4.35. The van der Waals surface area contributed by atoms with Crippen molar-refractivity contribution in [2.45, 2.75) is 18.4 Å². The normalized spacial score (nSPS) is 13.4. The molecule has 1 aromatic heterocycles. The number of rotatable bonds is 5. The predicted molar refractivity (Wildman–Crippen MR) is 71.3 cm³/mol. The predicted octanol–water partition coefficient (Wildman–Crippen LogP) is 2.24. The Morgan fingerprint density at radius 2 is 2.06 bits per heavy atom. The minimum Gasteiger partial charge on any atom is -0.610 e. The van der Waals surface area contributed by atoms with Crippen molar-refractivity contribution in [3.8, 4) is 5.88 Å². The van der Waals surface area contributed by atoms with Crippen LogP contribution < -0.4 is 4.18 Å². The summed E-state index contributed by atoms with van der Waals surface area (Å²) in [4.78, 5) is 3.81. The van der Waals surface area contributed by atoms with Gasteiger partial charge in [0.25, 0.3) is 10.9 Å². The summed E-state index contributed by atoms with van der Waals surface area (Å²) in [5.41, 5.74) is 0. The Morgan fingerprint density at radius 3 is 2.56 bits per heavy atom. The smallest absolute Gasteiger partial charge is 0.307 e. The fourth-order valence-corrected chi connectivity index (χ4v) is 3.22. The molecule has 0 spiro atoms. The van der Waals surface area contributed by atoms with Gasteiger partial charge in [-0.3, -0.25) is 0 Å². The van der Waals surface area contributed by atoms with Crippen LogP contribution in [0.4, 0.5) is 0 Å². The minimum absolute atomic E-state index is 0.0531. The highest BCUT2D eigenvalue weighted by Gasteiger charge is 2.22. The number of hydrogen-bond acceptors (Lipinski definition) is 5. The molecule has 5 nitrogen and oxygen atoms in total. The van der Waals surface area contributed by atoms with E-state index in [0.717, 1.165) is 6.26 Å². The van der Waals surface area contributed by atoms with Gasteiger partial charge in [0.1, 0.15) is 15.8 Å². The lowest BCUT2D eigenvalue weighted by atomic mass is 10.5. The molecular formula is C9H11Cl2NO4S2. The first-order valence-corrected chi connectivity index (χ1v) is 8.77. The first-order chi connectivity index (χ1) is 8.24. The van der Waals surface area contributed by atoms with E-state index in [4.69, 9.17) is 23.2 Å². The summed E-state index contributed by atoms with van der Waals surface area (Å²) in [6.45, 7) is 1.86. The number of halogens is 2. The first kappa shape index (κ1) is 15.8. The van der Waals surface area contributed by atoms with Gasteiger partial charge in [-0.1, -0.05) is 30.1 Å². The number of pyridine rings is 1. The maximum Gasteiger partial charge on any atom is 0.307 e. The van der Waals surface area contributed by atoms with Gasteiger partial charge in [-0.2, -0.15) is 13.4 Å². The van der Waals surface area contributed by atoms with Crippen molar-refractivity contribution in [1.29, 1.82) is 0 Å². The molecule has 0 bridgehead atoms. The van der Waals surface area contributed by atoms with Gasteiger partial charge in [0.2, 0.25) is 0 Å². The highest BCUT2D eigenvalue weighted by molar-refractivity contribution is 7.91. The van der Waals surface area contributed by atoms with E-state index in [1.165, 1.54) is 6.07 Å². The van der Waals surface area contributed by atoms with Gasteiger partial charge in [-0.05, 0) is 12.5 Å². The number of nitrogens with zero attached hydrogens (tertiary/aromatic N) is 1. The standard InChI is InChI=1S/C9H11Cl2NO4S2/c1-3-4-17(13)9-7(11)5-6(10)8(12-9)16-18(2,14)15/h5H,3-4H2,1-2H3. The lowest BCUT2D eigenvalue weighted by Crippen LogP contribution is -2.12. The molecule has 0 aromatic carbocycles. The molecule has 1 rings (SSSR count). The second-order valence-corrected chi connectivity index (χ2v) is 7.27. The molecule has 0 saturated heterocycles. The van der Waals surface area contributed by atoms with Crippen LogP contribution in [0.3, 0.4) is 0 Å². The quantitative estimate of drug-likeness (QED) is 0.610. The number of aromatic nitrogens is 1. The van der Waals surface area contributed by atoms with Gasteiger partial charge in [0.05, 0.1) is 6.26 Å². The average molecular weight is 332 g/mol. The summed E-state index contributed by atoms with van der Waals surface area (Å²) in [5, 5.41) is 0.136. The van der Waals surface area contributed by atoms with Crippen molar-refractivity contribution in [3.05, 3.63) is 16.1 Å².